The van der Waals surface area contributed by atoms with E-state index in [1.54, 1.807) is 4.90 Å². The second kappa shape index (κ2) is 11.9. The van der Waals surface area contributed by atoms with Gasteiger partial charge in [0, 0.05) is 50.2 Å². The standard InChI is InChI=1S/C28H36F3N5O4/c1-27(2,3)40-26(37)35-12-10-34(11-13-35)23-15-20(17-32-18-23)14-19-4-6-21(7-5-19)33-22-8-9-25(36(38)39)24(16-22)28(29,30)31/h8-9,15-19,21,33H,4-7,10-14H2,1-3H3. The van der Waals surface area contributed by atoms with Crippen LogP contribution in [0.2, 0.25) is 0 Å². The van der Waals surface area contributed by atoms with Gasteiger partial charge in [-0.1, -0.05) is 0 Å². The number of rotatable bonds is 6. The maximum atomic E-state index is 13.3. The van der Waals surface area contributed by atoms with Crippen LogP contribution in [0, 0.1) is 16.0 Å². The Labute approximate surface area is 231 Å². The number of nitro groups is 1. The number of nitrogens with zero attached hydrogens (tertiary/aromatic N) is 4. The molecule has 0 unspecified atom stereocenters. The lowest BCUT2D eigenvalue weighted by atomic mass is 9.82. The van der Waals surface area contributed by atoms with Gasteiger partial charge in [-0.05, 0) is 82.6 Å². The molecule has 1 aliphatic heterocycles. The first kappa shape index (κ1) is 29.4. The number of pyridine rings is 1. The summed E-state index contributed by atoms with van der Waals surface area (Å²) in [7, 11) is 0. The molecule has 4 rings (SSSR count). The van der Waals surface area contributed by atoms with E-state index in [2.05, 4.69) is 21.3 Å². The molecule has 1 saturated carbocycles. The molecule has 2 heterocycles. The molecule has 1 N–H and O–H groups in total. The van der Waals surface area contributed by atoms with Crippen molar-refractivity contribution in [3.8, 4) is 0 Å². The predicted octanol–water partition coefficient (Wildman–Crippen LogP) is 6.28. The van der Waals surface area contributed by atoms with E-state index in [4.69, 9.17) is 4.74 Å². The summed E-state index contributed by atoms with van der Waals surface area (Å²) in [4.78, 5) is 30.7. The van der Waals surface area contributed by atoms with E-state index < -0.39 is 28.0 Å². The Morgan fingerprint density at radius 3 is 2.35 bits per heavy atom. The number of ether oxygens (including phenoxy) is 1. The van der Waals surface area contributed by atoms with Gasteiger partial charge in [0.25, 0.3) is 5.69 Å². The van der Waals surface area contributed by atoms with Crippen LogP contribution in [0.25, 0.3) is 0 Å². The molecule has 9 nitrogen and oxygen atoms in total. The van der Waals surface area contributed by atoms with Gasteiger partial charge in [-0.25, -0.2) is 4.79 Å². The van der Waals surface area contributed by atoms with E-state index >= 15 is 0 Å². The highest BCUT2D eigenvalue weighted by atomic mass is 19.4. The number of piperazine rings is 1. The number of carbonyl (C=O) groups excluding carboxylic acids is 1. The average Bonchev–Trinajstić information content (AvgIpc) is 2.88. The average molecular weight is 564 g/mol. The van der Waals surface area contributed by atoms with Crippen molar-refractivity contribution >= 4 is 23.2 Å². The van der Waals surface area contributed by atoms with Crippen LogP contribution in [-0.4, -0.2) is 58.7 Å². The third kappa shape index (κ3) is 7.76. The number of hydrogen-bond acceptors (Lipinski definition) is 7. The molecule has 218 valence electrons. The minimum atomic E-state index is -4.80. The van der Waals surface area contributed by atoms with E-state index in [0.717, 1.165) is 55.5 Å². The highest BCUT2D eigenvalue weighted by molar-refractivity contribution is 5.68. The van der Waals surface area contributed by atoms with Gasteiger partial charge < -0.3 is 19.9 Å². The van der Waals surface area contributed by atoms with Gasteiger partial charge in [0.2, 0.25) is 0 Å². The summed E-state index contributed by atoms with van der Waals surface area (Å²) in [5, 5.41) is 14.1. The summed E-state index contributed by atoms with van der Waals surface area (Å²) < 4.78 is 45.4. The molecule has 0 radical (unpaired) electrons. The van der Waals surface area contributed by atoms with Crippen LogP contribution >= 0.6 is 0 Å². The Balaban J connectivity index is 1.28. The Hall–Kier alpha value is -3.57. The smallest absolute Gasteiger partial charge is 0.423 e. The largest absolute Gasteiger partial charge is 0.444 e. The van der Waals surface area contributed by atoms with Crippen LogP contribution in [-0.2, 0) is 17.3 Å². The van der Waals surface area contributed by atoms with Gasteiger partial charge in [-0.2, -0.15) is 13.2 Å². The van der Waals surface area contributed by atoms with E-state index in [-0.39, 0.29) is 17.8 Å². The zero-order valence-corrected chi connectivity index (χ0v) is 23.0. The number of amides is 1. The summed E-state index contributed by atoms with van der Waals surface area (Å²) in [6.07, 6.45) is 2.90. The third-order valence-electron chi connectivity index (χ3n) is 7.32. The number of benzene rings is 1. The molecular formula is C28H36F3N5O4. The van der Waals surface area contributed by atoms with Gasteiger partial charge in [-0.3, -0.25) is 15.1 Å². The van der Waals surface area contributed by atoms with Crippen molar-refractivity contribution in [2.24, 2.45) is 5.92 Å². The topological polar surface area (TPSA) is 101 Å². The maximum absolute atomic E-state index is 13.3. The van der Waals surface area contributed by atoms with Crippen molar-refractivity contribution in [2.45, 2.75) is 70.7 Å². The molecule has 1 aromatic carbocycles. The van der Waals surface area contributed by atoms with Crippen molar-refractivity contribution < 1.29 is 27.6 Å². The molecule has 1 saturated heterocycles. The van der Waals surface area contributed by atoms with Crippen LogP contribution in [0.3, 0.4) is 0 Å². The fourth-order valence-corrected chi connectivity index (χ4v) is 5.32. The fraction of sp³-hybridized carbons (Fsp3) is 0.571. The molecule has 1 amide bonds. The Morgan fingerprint density at radius 2 is 1.75 bits per heavy atom. The van der Waals surface area contributed by atoms with Gasteiger partial charge >= 0.3 is 12.3 Å². The van der Waals surface area contributed by atoms with Crippen molar-refractivity contribution in [1.82, 2.24) is 9.88 Å². The summed E-state index contributed by atoms with van der Waals surface area (Å²) in [6, 6.07) is 5.23. The quantitative estimate of drug-likeness (QED) is 0.326. The molecule has 2 aromatic rings. The van der Waals surface area contributed by atoms with E-state index in [9.17, 15) is 28.1 Å². The van der Waals surface area contributed by atoms with Crippen molar-refractivity contribution in [2.75, 3.05) is 36.4 Å². The second-order valence-corrected chi connectivity index (χ2v) is 11.6. The summed E-state index contributed by atoms with van der Waals surface area (Å²) in [5.41, 5.74) is -0.311. The molecule has 2 aliphatic rings. The zero-order chi connectivity index (χ0) is 29.1. The number of carbonyl (C=O) groups is 1. The highest BCUT2D eigenvalue weighted by Crippen LogP contribution is 2.38. The predicted molar refractivity (Wildman–Crippen MR) is 145 cm³/mol. The number of nitrogens with one attached hydrogen (secondary N) is 1. The maximum Gasteiger partial charge on any atom is 0.423 e. The lowest BCUT2D eigenvalue weighted by molar-refractivity contribution is -0.388. The summed E-state index contributed by atoms with van der Waals surface area (Å²) >= 11 is 0. The monoisotopic (exact) mass is 563 g/mol. The zero-order valence-electron chi connectivity index (χ0n) is 23.0. The lowest BCUT2D eigenvalue weighted by Gasteiger charge is -2.36. The van der Waals surface area contributed by atoms with Crippen molar-refractivity contribution in [3.05, 3.63) is 57.9 Å². The Kier molecular flexibility index (Phi) is 8.74. The second-order valence-electron chi connectivity index (χ2n) is 11.6. The number of anilines is 2. The molecule has 0 atom stereocenters. The molecule has 0 spiro atoms. The van der Waals surface area contributed by atoms with Crippen LogP contribution in [0.1, 0.15) is 57.6 Å². The van der Waals surface area contributed by atoms with E-state index in [1.165, 1.54) is 6.07 Å². The van der Waals surface area contributed by atoms with Crippen LogP contribution in [0.4, 0.5) is 35.0 Å². The summed E-state index contributed by atoms with van der Waals surface area (Å²) in [6.45, 7) is 8.11. The van der Waals surface area contributed by atoms with Gasteiger partial charge in [0.05, 0.1) is 16.8 Å². The number of alkyl halides is 3. The molecule has 1 aliphatic carbocycles. The van der Waals surface area contributed by atoms with E-state index in [1.807, 2.05) is 33.2 Å². The molecular weight excluding hydrogens is 527 g/mol. The number of nitro benzene ring substituents is 1. The SMILES string of the molecule is CC(C)(C)OC(=O)N1CCN(c2cncc(CC3CCC(Nc4ccc([N+](=O)[O-])c(C(F)(F)F)c4)CC3)c2)CC1. The number of hydrogen-bond donors (Lipinski definition) is 1. The number of halogens is 3. The Bertz CT molecular complexity index is 1200. The molecule has 0 bridgehead atoms. The minimum absolute atomic E-state index is 0.00418. The molecule has 12 heteroatoms. The van der Waals surface area contributed by atoms with Crippen LogP contribution < -0.4 is 10.2 Å². The van der Waals surface area contributed by atoms with Gasteiger partial charge in [-0.15, -0.1) is 0 Å². The van der Waals surface area contributed by atoms with Crippen LogP contribution in [0.15, 0.2) is 36.7 Å². The molecule has 40 heavy (non-hydrogen) atoms. The Morgan fingerprint density at radius 1 is 1.07 bits per heavy atom. The van der Waals surface area contributed by atoms with Crippen molar-refractivity contribution in [3.63, 3.8) is 0 Å². The lowest BCUT2D eigenvalue weighted by Crippen LogP contribution is -2.50. The van der Waals surface area contributed by atoms with Crippen molar-refractivity contribution in [1.29, 1.82) is 0 Å². The van der Waals surface area contributed by atoms with Gasteiger partial charge in [0.15, 0.2) is 0 Å². The van der Waals surface area contributed by atoms with E-state index in [0.29, 0.717) is 32.1 Å². The highest BCUT2D eigenvalue weighted by Gasteiger charge is 2.38. The first-order valence-corrected chi connectivity index (χ1v) is 13.6. The number of aromatic nitrogens is 1. The first-order chi connectivity index (χ1) is 18.8. The first-order valence-electron chi connectivity index (χ1n) is 13.6. The third-order valence-corrected chi connectivity index (χ3v) is 7.32. The minimum Gasteiger partial charge on any atom is -0.444 e. The fourth-order valence-electron chi connectivity index (χ4n) is 5.32. The van der Waals surface area contributed by atoms with Crippen LogP contribution in [0.5, 0.6) is 0 Å². The van der Waals surface area contributed by atoms with Gasteiger partial charge in [0.1, 0.15) is 11.2 Å². The normalized spacial score (nSPS) is 20.2. The molecule has 2 fully saturated rings. The molecule has 1 aromatic heterocycles. The summed E-state index contributed by atoms with van der Waals surface area (Å²) in [5.74, 6) is 0.432.